The van der Waals surface area contributed by atoms with E-state index in [1.165, 1.54) is 23.9 Å². The van der Waals surface area contributed by atoms with Gasteiger partial charge in [0.1, 0.15) is 5.82 Å². The van der Waals surface area contributed by atoms with E-state index in [0.29, 0.717) is 11.9 Å². The Morgan fingerprint density at radius 1 is 1.32 bits per heavy atom. The topological polar surface area (TPSA) is 17.8 Å². The van der Waals surface area contributed by atoms with Crippen molar-refractivity contribution in [2.24, 2.45) is 5.92 Å². The maximum Gasteiger partial charge on any atom is 0.125 e. The molecule has 2 aromatic rings. The summed E-state index contributed by atoms with van der Waals surface area (Å²) in [7, 11) is 0. The molecule has 2 nitrogen and oxygen atoms in total. The molecule has 2 rings (SSSR count). The van der Waals surface area contributed by atoms with E-state index in [9.17, 15) is 0 Å². The van der Waals surface area contributed by atoms with E-state index >= 15 is 0 Å². The second-order valence-corrected chi connectivity index (χ2v) is 5.84. The fourth-order valence-corrected chi connectivity index (χ4v) is 2.98. The van der Waals surface area contributed by atoms with Gasteiger partial charge in [0.2, 0.25) is 0 Å². The number of imidazole rings is 1. The number of aromatic nitrogens is 2. The highest BCUT2D eigenvalue weighted by molar-refractivity contribution is 6.16. The lowest BCUT2D eigenvalue weighted by atomic mass is 10.00. The van der Waals surface area contributed by atoms with E-state index < -0.39 is 0 Å². The van der Waals surface area contributed by atoms with Crippen molar-refractivity contribution >= 4 is 22.6 Å². The van der Waals surface area contributed by atoms with Crippen LogP contribution in [-0.2, 0) is 5.88 Å². The van der Waals surface area contributed by atoms with Crippen LogP contribution >= 0.6 is 11.6 Å². The highest BCUT2D eigenvalue weighted by Gasteiger charge is 2.18. The third-order valence-corrected chi connectivity index (χ3v) is 4.22. The lowest BCUT2D eigenvalue weighted by molar-refractivity contribution is 0.399. The molecule has 0 fully saturated rings. The molecule has 1 aromatic carbocycles. The first-order valence-electron chi connectivity index (χ1n) is 7.10. The summed E-state index contributed by atoms with van der Waals surface area (Å²) >= 11 is 6.09. The van der Waals surface area contributed by atoms with Crippen molar-refractivity contribution < 1.29 is 0 Å². The molecule has 0 aliphatic heterocycles. The zero-order chi connectivity index (χ0) is 14.0. The maximum absolute atomic E-state index is 6.09. The van der Waals surface area contributed by atoms with Crippen molar-refractivity contribution in [3.8, 4) is 0 Å². The molecule has 0 radical (unpaired) electrons. The zero-order valence-corrected chi connectivity index (χ0v) is 13.0. The number of para-hydroxylation sites is 1. The van der Waals surface area contributed by atoms with Crippen LogP contribution in [0.2, 0.25) is 0 Å². The Hall–Kier alpha value is -1.02. The first kappa shape index (κ1) is 14.4. The standard InChI is InChI=1S/C16H23ClN2/c1-5-11(2)9-13(4)19-15(10-17)18-14-8-6-7-12(3)16(14)19/h6-8,11,13H,5,9-10H2,1-4H3. The van der Waals surface area contributed by atoms with Crippen LogP contribution in [0, 0.1) is 12.8 Å². The van der Waals surface area contributed by atoms with Gasteiger partial charge in [-0.05, 0) is 37.8 Å². The molecule has 0 aliphatic carbocycles. The molecule has 3 heteroatoms. The van der Waals surface area contributed by atoms with E-state index in [0.717, 1.165) is 17.3 Å². The van der Waals surface area contributed by atoms with Gasteiger partial charge in [-0.25, -0.2) is 4.98 Å². The lowest BCUT2D eigenvalue weighted by Crippen LogP contribution is -2.12. The number of aryl methyl sites for hydroxylation is 1. The second-order valence-electron chi connectivity index (χ2n) is 5.57. The van der Waals surface area contributed by atoms with Crippen LogP contribution in [0.15, 0.2) is 18.2 Å². The molecule has 0 saturated carbocycles. The van der Waals surface area contributed by atoms with Crippen molar-refractivity contribution in [1.29, 1.82) is 0 Å². The first-order chi connectivity index (χ1) is 9.08. The molecule has 1 heterocycles. The first-order valence-corrected chi connectivity index (χ1v) is 7.64. The average Bonchev–Trinajstić information content (AvgIpc) is 2.78. The summed E-state index contributed by atoms with van der Waals surface area (Å²) in [5.74, 6) is 2.18. The Morgan fingerprint density at radius 3 is 2.68 bits per heavy atom. The number of halogens is 1. The highest BCUT2D eigenvalue weighted by atomic mass is 35.5. The molecule has 2 atom stereocenters. The fourth-order valence-electron chi connectivity index (χ4n) is 2.79. The fraction of sp³-hybridized carbons (Fsp3) is 0.562. The summed E-state index contributed by atoms with van der Waals surface area (Å²) in [5, 5.41) is 0. The van der Waals surface area contributed by atoms with Gasteiger partial charge < -0.3 is 4.57 Å². The minimum atomic E-state index is 0.440. The Kier molecular flexibility index (Phi) is 4.51. The molecule has 1 aromatic heterocycles. The Balaban J connectivity index is 2.50. The minimum absolute atomic E-state index is 0.440. The van der Waals surface area contributed by atoms with E-state index in [-0.39, 0.29) is 0 Å². The quantitative estimate of drug-likeness (QED) is 0.697. The molecule has 19 heavy (non-hydrogen) atoms. The van der Waals surface area contributed by atoms with E-state index in [1.807, 2.05) is 0 Å². The summed E-state index contributed by atoms with van der Waals surface area (Å²) in [5.41, 5.74) is 3.58. The van der Waals surface area contributed by atoms with Gasteiger partial charge in [0.25, 0.3) is 0 Å². The van der Waals surface area contributed by atoms with Crippen LogP contribution in [0.3, 0.4) is 0 Å². The summed E-state index contributed by atoms with van der Waals surface area (Å²) in [6.45, 7) is 8.98. The van der Waals surface area contributed by atoms with Gasteiger partial charge in [-0.1, -0.05) is 32.4 Å². The summed E-state index contributed by atoms with van der Waals surface area (Å²) < 4.78 is 2.34. The van der Waals surface area contributed by atoms with Crippen molar-refractivity contribution in [2.45, 2.75) is 52.5 Å². The van der Waals surface area contributed by atoms with Gasteiger partial charge in [-0.15, -0.1) is 11.6 Å². The third-order valence-electron chi connectivity index (χ3n) is 3.99. The van der Waals surface area contributed by atoms with E-state index in [2.05, 4.69) is 55.4 Å². The van der Waals surface area contributed by atoms with Gasteiger partial charge in [0.15, 0.2) is 0 Å². The molecular formula is C16H23ClN2. The van der Waals surface area contributed by atoms with Crippen molar-refractivity contribution in [1.82, 2.24) is 9.55 Å². The van der Waals surface area contributed by atoms with Crippen LogP contribution in [0.1, 0.15) is 51.0 Å². The molecule has 0 N–H and O–H groups in total. The highest BCUT2D eigenvalue weighted by Crippen LogP contribution is 2.29. The number of nitrogens with zero attached hydrogens (tertiary/aromatic N) is 2. The smallest absolute Gasteiger partial charge is 0.125 e. The van der Waals surface area contributed by atoms with E-state index in [1.54, 1.807) is 0 Å². The van der Waals surface area contributed by atoms with Crippen LogP contribution in [-0.4, -0.2) is 9.55 Å². The molecule has 104 valence electrons. The molecule has 0 aliphatic rings. The minimum Gasteiger partial charge on any atom is -0.324 e. The van der Waals surface area contributed by atoms with Crippen LogP contribution in [0.25, 0.3) is 11.0 Å². The van der Waals surface area contributed by atoms with Gasteiger partial charge in [-0.2, -0.15) is 0 Å². The molecular weight excluding hydrogens is 256 g/mol. The number of fused-ring (bicyclic) bond motifs is 1. The van der Waals surface area contributed by atoms with Crippen molar-refractivity contribution in [3.05, 3.63) is 29.6 Å². The van der Waals surface area contributed by atoms with Crippen molar-refractivity contribution in [2.75, 3.05) is 0 Å². The molecule has 2 unspecified atom stereocenters. The monoisotopic (exact) mass is 278 g/mol. The third kappa shape index (κ3) is 2.79. The second kappa shape index (κ2) is 5.96. The molecule has 0 bridgehead atoms. The van der Waals surface area contributed by atoms with Gasteiger partial charge in [0, 0.05) is 6.04 Å². The van der Waals surface area contributed by atoms with E-state index in [4.69, 9.17) is 11.6 Å². The lowest BCUT2D eigenvalue weighted by Gasteiger charge is -2.21. The average molecular weight is 279 g/mol. The number of rotatable bonds is 5. The Bertz CT molecular complexity index is 559. The molecule has 0 spiro atoms. The number of alkyl halides is 1. The van der Waals surface area contributed by atoms with Crippen LogP contribution in [0.5, 0.6) is 0 Å². The number of hydrogen-bond acceptors (Lipinski definition) is 1. The molecule has 0 amide bonds. The van der Waals surface area contributed by atoms with Crippen molar-refractivity contribution in [3.63, 3.8) is 0 Å². The Morgan fingerprint density at radius 2 is 2.05 bits per heavy atom. The summed E-state index contributed by atoms with van der Waals surface area (Å²) in [6, 6.07) is 6.72. The van der Waals surface area contributed by atoms with Gasteiger partial charge in [0.05, 0.1) is 16.9 Å². The normalized spacial score (nSPS) is 14.8. The predicted octanol–water partition coefficient (Wildman–Crippen LogP) is 5.08. The summed E-state index contributed by atoms with van der Waals surface area (Å²) in [4.78, 5) is 4.68. The SMILES string of the molecule is CCC(C)CC(C)n1c(CCl)nc2cccc(C)c21. The van der Waals surface area contributed by atoms with Gasteiger partial charge in [-0.3, -0.25) is 0 Å². The largest absolute Gasteiger partial charge is 0.324 e. The summed E-state index contributed by atoms with van der Waals surface area (Å²) in [6.07, 6.45) is 2.38. The Labute approximate surface area is 120 Å². The maximum atomic E-state index is 6.09. The van der Waals surface area contributed by atoms with Gasteiger partial charge >= 0.3 is 0 Å². The van der Waals surface area contributed by atoms with Crippen LogP contribution in [0.4, 0.5) is 0 Å². The molecule has 0 saturated heterocycles. The number of hydrogen-bond donors (Lipinski definition) is 0. The van der Waals surface area contributed by atoms with Crippen LogP contribution < -0.4 is 0 Å². The predicted molar refractivity (Wildman–Crippen MR) is 82.8 cm³/mol. The number of benzene rings is 1. The zero-order valence-electron chi connectivity index (χ0n) is 12.3.